The first kappa shape index (κ1) is 17.8. The minimum atomic E-state index is -0.383. The van der Waals surface area contributed by atoms with Crippen molar-refractivity contribution >= 4 is 12.0 Å². The Morgan fingerprint density at radius 3 is 2.04 bits per heavy atom. The number of nitrogens with zero attached hydrogens (tertiary/aromatic N) is 2. The van der Waals surface area contributed by atoms with E-state index in [0.29, 0.717) is 44.1 Å². The van der Waals surface area contributed by atoms with E-state index >= 15 is 0 Å². The first-order chi connectivity index (χ1) is 12.7. The molecule has 1 heterocycles. The van der Waals surface area contributed by atoms with Gasteiger partial charge in [-0.3, -0.25) is 4.79 Å². The predicted molar refractivity (Wildman–Crippen MR) is 97.2 cm³/mol. The summed E-state index contributed by atoms with van der Waals surface area (Å²) in [7, 11) is 0. The number of hydrogen-bond acceptors (Lipinski definition) is 4. The van der Waals surface area contributed by atoms with Crippen molar-refractivity contribution in [3.63, 3.8) is 0 Å². The van der Waals surface area contributed by atoms with Crippen LogP contribution in [0.2, 0.25) is 0 Å². The van der Waals surface area contributed by atoms with Gasteiger partial charge in [-0.25, -0.2) is 4.79 Å². The van der Waals surface area contributed by atoms with Gasteiger partial charge in [0.1, 0.15) is 11.5 Å². The van der Waals surface area contributed by atoms with E-state index in [1.54, 1.807) is 21.9 Å². The molecule has 0 bridgehead atoms. The second-order valence-corrected chi connectivity index (χ2v) is 6.00. The third-order valence-electron chi connectivity index (χ3n) is 4.16. The number of carbonyl (C=O) groups is 2. The van der Waals surface area contributed by atoms with Gasteiger partial charge in [0.15, 0.2) is 6.61 Å². The Bertz CT molecular complexity index is 721. The van der Waals surface area contributed by atoms with Gasteiger partial charge in [0.05, 0.1) is 0 Å². The van der Waals surface area contributed by atoms with Crippen molar-refractivity contribution in [2.24, 2.45) is 0 Å². The number of carbonyl (C=O) groups excluding carboxylic acids is 2. The van der Waals surface area contributed by atoms with Crippen molar-refractivity contribution in [1.82, 2.24) is 9.80 Å². The molecule has 1 aliphatic rings. The van der Waals surface area contributed by atoms with E-state index in [-0.39, 0.29) is 18.6 Å². The average Bonchev–Trinajstić information content (AvgIpc) is 2.94. The Labute approximate surface area is 152 Å². The average molecular weight is 354 g/mol. The van der Waals surface area contributed by atoms with Crippen LogP contribution in [0.4, 0.5) is 4.79 Å². The molecule has 0 aromatic heterocycles. The summed E-state index contributed by atoms with van der Waals surface area (Å²) in [5, 5.41) is 0. The Morgan fingerprint density at radius 2 is 1.35 bits per heavy atom. The van der Waals surface area contributed by atoms with Crippen molar-refractivity contribution in [2.75, 3.05) is 32.8 Å². The molecule has 6 heteroatoms. The van der Waals surface area contributed by atoms with Crippen LogP contribution in [0.1, 0.15) is 6.42 Å². The van der Waals surface area contributed by atoms with Crippen LogP contribution in [0.25, 0.3) is 0 Å². The number of benzene rings is 2. The molecule has 6 nitrogen and oxygen atoms in total. The zero-order chi connectivity index (χ0) is 18.2. The van der Waals surface area contributed by atoms with Crippen molar-refractivity contribution in [2.45, 2.75) is 6.42 Å². The van der Waals surface area contributed by atoms with Crippen LogP contribution < -0.4 is 9.47 Å². The van der Waals surface area contributed by atoms with Crippen LogP contribution >= 0.6 is 0 Å². The lowest BCUT2D eigenvalue weighted by molar-refractivity contribution is -0.133. The van der Waals surface area contributed by atoms with Gasteiger partial charge in [0.2, 0.25) is 0 Å². The van der Waals surface area contributed by atoms with Gasteiger partial charge in [0, 0.05) is 26.2 Å². The molecule has 0 radical (unpaired) electrons. The molecule has 2 amide bonds. The minimum Gasteiger partial charge on any atom is -0.484 e. The minimum absolute atomic E-state index is 0.00151. The number of rotatable bonds is 4. The van der Waals surface area contributed by atoms with E-state index in [1.165, 1.54) is 0 Å². The van der Waals surface area contributed by atoms with Gasteiger partial charge in [-0.2, -0.15) is 0 Å². The molecule has 26 heavy (non-hydrogen) atoms. The Hall–Kier alpha value is -3.02. The van der Waals surface area contributed by atoms with Gasteiger partial charge >= 0.3 is 6.09 Å². The summed E-state index contributed by atoms with van der Waals surface area (Å²) in [5.74, 6) is 1.11. The first-order valence-electron chi connectivity index (χ1n) is 8.70. The molecule has 2 aromatic carbocycles. The highest BCUT2D eigenvalue weighted by atomic mass is 16.6. The lowest BCUT2D eigenvalue weighted by Gasteiger charge is -2.22. The van der Waals surface area contributed by atoms with Crippen molar-refractivity contribution in [3.8, 4) is 11.5 Å². The molecule has 0 aliphatic carbocycles. The first-order valence-corrected chi connectivity index (χ1v) is 8.70. The van der Waals surface area contributed by atoms with Crippen LogP contribution in [-0.2, 0) is 4.79 Å². The van der Waals surface area contributed by atoms with Gasteiger partial charge in [-0.05, 0) is 30.7 Å². The molecular formula is C20H22N2O4. The van der Waals surface area contributed by atoms with Gasteiger partial charge in [0.25, 0.3) is 5.91 Å². The SMILES string of the molecule is O=C(COc1ccccc1)N1CCCN(C(=O)Oc2ccccc2)CC1. The second-order valence-electron chi connectivity index (χ2n) is 6.00. The topological polar surface area (TPSA) is 59.1 Å². The van der Waals surface area contributed by atoms with Gasteiger partial charge < -0.3 is 19.3 Å². The fraction of sp³-hybridized carbons (Fsp3) is 0.300. The van der Waals surface area contributed by atoms with E-state index in [9.17, 15) is 9.59 Å². The van der Waals surface area contributed by atoms with Crippen LogP contribution in [-0.4, -0.2) is 54.6 Å². The standard InChI is InChI=1S/C20H22N2O4/c23-19(16-25-17-8-3-1-4-9-17)21-12-7-13-22(15-14-21)20(24)26-18-10-5-2-6-11-18/h1-6,8-11H,7,12-16H2. The summed E-state index contributed by atoms with van der Waals surface area (Å²) < 4.78 is 10.9. The summed E-state index contributed by atoms with van der Waals surface area (Å²) >= 11 is 0. The lowest BCUT2D eigenvalue weighted by atomic mass is 10.3. The quantitative estimate of drug-likeness (QED) is 0.847. The third-order valence-corrected chi connectivity index (χ3v) is 4.16. The molecule has 0 atom stereocenters. The zero-order valence-corrected chi connectivity index (χ0v) is 14.5. The summed E-state index contributed by atoms with van der Waals surface area (Å²) in [6.07, 6.45) is 0.326. The largest absolute Gasteiger partial charge is 0.484 e. The van der Waals surface area contributed by atoms with Gasteiger partial charge in [-0.1, -0.05) is 36.4 Å². The van der Waals surface area contributed by atoms with E-state index in [1.807, 2.05) is 48.5 Å². The highest BCUT2D eigenvalue weighted by Gasteiger charge is 2.23. The Kier molecular flexibility index (Phi) is 6.09. The number of amides is 2. The molecule has 1 saturated heterocycles. The number of ether oxygens (including phenoxy) is 2. The number of hydrogen-bond donors (Lipinski definition) is 0. The predicted octanol–water partition coefficient (Wildman–Crippen LogP) is 2.80. The highest BCUT2D eigenvalue weighted by molar-refractivity contribution is 5.78. The lowest BCUT2D eigenvalue weighted by Crippen LogP contribution is -2.40. The molecule has 0 N–H and O–H groups in total. The van der Waals surface area contributed by atoms with Crippen LogP contribution in [0.3, 0.4) is 0 Å². The molecule has 3 rings (SSSR count). The third kappa shape index (κ3) is 4.99. The van der Waals surface area contributed by atoms with Crippen LogP contribution in [0.5, 0.6) is 11.5 Å². The maximum Gasteiger partial charge on any atom is 0.415 e. The zero-order valence-electron chi connectivity index (χ0n) is 14.5. The van der Waals surface area contributed by atoms with Gasteiger partial charge in [-0.15, -0.1) is 0 Å². The van der Waals surface area contributed by atoms with Crippen molar-refractivity contribution in [1.29, 1.82) is 0 Å². The van der Waals surface area contributed by atoms with Crippen LogP contribution in [0, 0.1) is 0 Å². The van der Waals surface area contributed by atoms with E-state index < -0.39 is 0 Å². The summed E-state index contributed by atoms with van der Waals surface area (Å²) in [6.45, 7) is 2.09. The van der Waals surface area contributed by atoms with E-state index in [4.69, 9.17) is 9.47 Å². The number of para-hydroxylation sites is 2. The molecule has 1 aliphatic heterocycles. The Morgan fingerprint density at radius 1 is 0.769 bits per heavy atom. The summed E-state index contributed by atoms with van der Waals surface area (Å²) in [6, 6.07) is 18.2. The maximum absolute atomic E-state index is 12.4. The molecule has 2 aromatic rings. The Balaban J connectivity index is 1.48. The van der Waals surface area contributed by atoms with E-state index in [2.05, 4.69) is 0 Å². The molecule has 1 fully saturated rings. The smallest absolute Gasteiger partial charge is 0.415 e. The highest BCUT2D eigenvalue weighted by Crippen LogP contribution is 2.13. The molecule has 0 saturated carbocycles. The monoisotopic (exact) mass is 354 g/mol. The summed E-state index contributed by atoms with van der Waals surface area (Å²) in [4.78, 5) is 28.0. The normalized spacial score (nSPS) is 14.5. The second kappa shape index (κ2) is 8.89. The van der Waals surface area contributed by atoms with Crippen molar-refractivity contribution in [3.05, 3.63) is 60.7 Å². The molecule has 0 unspecified atom stereocenters. The molecule has 0 spiro atoms. The maximum atomic E-state index is 12.4. The molecular weight excluding hydrogens is 332 g/mol. The van der Waals surface area contributed by atoms with Crippen molar-refractivity contribution < 1.29 is 19.1 Å². The summed E-state index contributed by atoms with van der Waals surface area (Å²) in [5.41, 5.74) is 0. The molecule has 136 valence electrons. The fourth-order valence-corrected chi connectivity index (χ4v) is 2.76. The fourth-order valence-electron chi connectivity index (χ4n) is 2.76. The van der Waals surface area contributed by atoms with Crippen LogP contribution in [0.15, 0.2) is 60.7 Å². The van der Waals surface area contributed by atoms with E-state index in [0.717, 1.165) is 0 Å².